The zero-order valence-electron chi connectivity index (χ0n) is 9.32. The van der Waals surface area contributed by atoms with Gasteiger partial charge < -0.3 is 15.1 Å². The first-order valence-corrected chi connectivity index (χ1v) is 5.83. The molecular formula is C12H16N2O2. The molecule has 1 amide bonds. The number of aryl methyl sites for hydroxylation is 1. The molecule has 3 rings (SSSR count). The van der Waals surface area contributed by atoms with Gasteiger partial charge in [-0.1, -0.05) is 0 Å². The standard InChI is InChI=1S/C12H16N2O2/c1-7-2-3-11(16-7)12(15)14-10-5-8-4-9(10)13-6-8/h2-3,8-10,13H,4-6H2,1H3,(H,14,15). The number of piperidine rings is 1. The molecule has 2 aliphatic rings. The molecule has 4 heteroatoms. The molecule has 0 aromatic carbocycles. The molecule has 86 valence electrons. The van der Waals surface area contributed by atoms with Gasteiger partial charge in [-0.2, -0.15) is 0 Å². The van der Waals surface area contributed by atoms with Crippen LogP contribution in [-0.4, -0.2) is 24.5 Å². The first kappa shape index (κ1) is 9.90. The third-order valence-electron chi connectivity index (χ3n) is 3.61. The van der Waals surface area contributed by atoms with Crippen molar-refractivity contribution in [2.45, 2.75) is 31.8 Å². The summed E-state index contributed by atoms with van der Waals surface area (Å²) in [4.78, 5) is 11.9. The van der Waals surface area contributed by atoms with Crippen LogP contribution in [0.4, 0.5) is 0 Å². The van der Waals surface area contributed by atoms with Gasteiger partial charge in [-0.3, -0.25) is 4.79 Å². The van der Waals surface area contributed by atoms with Gasteiger partial charge in [-0.15, -0.1) is 0 Å². The topological polar surface area (TPSA) is 54.3 Å². The highest BCUT2D eigenvalue weighted by molar-refractivity contribution is 5.91. The maximum absolute atomic E-state index is 11.9. The number of hydrogen-bond donors (Lipinski definition) is 2. The van der Waals surface area contributed by atoms with Crippen molar-refractivity contribution in [3.63, 3.8) is 0 Å². The van der Waals surface area contributed by atoms with E-state index in [9.17, 15) is 4.79 Å². The molecule has 1 saturated heterocycles. The predicted molar refractivity (Wildman–Crippen MR) is 59.2 cm³/mol. The number of amides is 1. The van der Waals surface area contributed by atoms with Crippen LogP contribution >= 0.6 is 0 Å². The number of furan rings is 1. The maximum Gasteiger partial charge on any atom is 0.287 e. The number of hydrogen-bond acceptors (Lipinski definition) is 3. The van der Waals surface area contributed by atoms with Crippen LogP contribution in [0.2, 0.25) is 0 Å². The molecule has 1 aromatic heterocycles. The van der Waals surface area contributed by atoms with Gasteiger partial charge in [-0.25, -0.2) is 0 Å². The summed E-state index contributed by atoms with van der Waals surface area (Å²) in [6, 6.07) is 4.28. The van der Waals surface area contributed by atoms with Crippen LogP contribution in [0.1, 0.15) is 29.2 Å². The molecule has 0 radical (unpaired) electrons. The third kappa shape index (κ3) is 1.63. The second-order valence-corrected chi connectivity index (χ2v) is 4.84. The van der Waals surface area contributed by atoms with Crippen molar-refractivity contribution in [3.8, 4) is 0 Å². The van der Waals surface area contributed by atoms with Crippen LogP contribution in [0.5, 0.6) is 0 Å². The first-order chi connectivity index (χ1) is 7.72. The molecule has 1 aliphatic carbocycles. The summed E-state index contributed by atoms with van der Waals surface area (Å²) >= 11 is 0. The van der Waals surface area contributed by atoms with Crippen LogP contribution in [0.3, 0.4) is 0 Å². The molecule has 3 atom stereocenters. The Morgan fingerprint density at radius 2 is 2.38 bits per heavy atom. The van der Waals surface area contributed by atoms with Gasteiger partial charge in [0.05, 0.1) is 0 Å². The van der Waals surface area contributed by atoms with Crippen molar-refractivity contribution in [2.75, 3.05) is 6.54 Å². The number of rotatable bonds is 2. The highest BCUT2D eigenvalue weighted by atomic mass is 16.3. The fraction of sp³-hybridized carbons (Fsp3) is 0.583. The minimum atomic E-state index is -0.0903. The van der Waals surface area contributed by atoms with Crippen LogP contribution in [0.25, 0.3) is 0 Å². The Kier molecular flexibility index (Phi) is 2.24. The van der Waals surface area contributed by atoms with Crippen molar-refractivity contribution in [1.82, 2.24) is 10.6 Å². The Bertz CT molecular complexity index is 413. The van der Waals surface area contributed by atoms with E-state index in [2.05, 4.69) is 10.6 Å². The van der Waals surface area contributed by atoms with Crippen molar-refractivity contribution >= 4 is 5.91 Å². The van der Waals surface area contributed by atoms with Gasteiger partial charge >= 0.3 is 0 Å². The Hall–Kier alpha value is -1.29. The van der Waals surface area contributed by atoms with E-state index < -0.39 is 0 Å². The van der Waals surface area contributed by atoms with E-state index in [1.807, 2.05) is 13.0 Å². The third-order valence-corrected chi connectivity index (χ3v) is 3.61. The molecule has 2 bridgehead atoms. The molecule has 1 aromatic rings. The second-order valence-electron chi connectivity index (χ2n) is 4.84. The Morgan fingerprint density at radius 1 is 1.50 bits per heavy atom. The van der Waals surface area contributed by atoms with E-state index in [0.717, 1.165) is 24.6 Å². The minimum Gasteiger partial charge on any atom is -0.456 e. The lowest BCUT2D eigenvalue weighted by molar-refractivity contribution is 0.0899. The molecule has 2 N–H and O–H groups in total. The van der Waals surface area contributed by atoms with E-state index in [1.54, 1.807) is 6.07 Å². The van der Waals surface area contributed by atoms with Gasteiger partial charge in [0.1, 0.15) is 5.76 Å². The maximum atomic E-state index is 11.9. The fourth-order valence-corrected chi connectivity index (χ4v) is 2.81. The highest BCUT2D eigenvalue weighted by Gasteiger charge is 2.40. The van der Waals surface area contributed by atoms with E-state index in [1.165, 1.54) is 6.42 Å². The number of carbonyl (C=O) groups is 1. The Labute approximate surface area is 94.4 Å². The number of carbonyl (C=O) groups excluding carboxylic acids is 1. The van der Waals surface area contributed by atoms with Crippen LogP contribution in [0.15, 0.2) is 16.5 Å². The van der Waals surface area contributed by atoms with Gasteiger partial charge in [0.2, 0.25) is 0 Å². The lowest BCUT2D eigenvalue weighted by atomic mass is 10.1. The summed E-state index contributed by atoms with van der Waals surface area (Å²) < 4.78 is 5.30. The van der Waals surface area contributed by atoms with Crippen LogP contribution < -0.4 is 10.6 Å². The van der Waals surface area contributed by atoms with E-state index in [0.29, 0.717) is 11.8 Å². The highest BCUT2D eigenvalue weighted by Crippen LogP contribution is 2.31. The number of fused-ring (bicyclic) bond motifs is 2. The second kappa shape index (κ2) is 3.63. The molecule has 2 fully saturated rings. The van der Waals surface area contributed by atoms with Crippen molar-refractivity contribution in [2.24, 2.45) is 5.92 Å². The smallest absolute Gasteiger partial charge is 0.287 e. The minimum absolute atomic E-state index is 0.0903. The molecule has 1 saturated carbocycles. The summed E-state index contributed by atoms with van der Waals surface area (Å²) in [5, 5.41) is 6.47. The zero-order valence-corrected chi connectivity index (χ0v) is 9.32. The van der Waals surface area contributed by atoms with Crippen molar-refractivity contribution in [3.05, 3.63) is 23.7 Å². The average Bonchev–Trinajstić information content (AvgIpc) is 2.92. The van der Waals surface area contributed by atoms with Crippen molar-refractivity contribution < 1.29 is 9.21 Å². The lowest BCUT2D eigenvalue weighted by Gasteiger charge is -2.23. The van der Waals surface area contributed by atoms with Crippen molar-refractivity contribution in [1.29, 1.82) is 0 Å². The summed E-state index contributed by atoms with van der Waals surface area (Å²) in [7, 11) is 0. The largest absolute Gasteiger partial charge is 0.456 e. The van der Waals surface area contributed by atoms with Crippen LogP contribution in [-0.2, 0) is 0 Å². The summed E-state index contributed by atoms with van der Waals surface area (Å²) in [6.45, 7) is 2.95. The van der Waals surface area contributed by atoms with Gasteiger partial charge in [0, 0.05) is 12.1 Å². The number of nitrogens with one attached hydrogen (secondary N) is 2. The zero-order chi connectivity index (χ0) is 11.1. The van der Waals surface area contributed by atoms with Gasteiger partial charge in [-0.05, 0) is 44.4 Å². The Balaban J connectivity index is 1.65. The fourth-order valence-electron chi connectivity index (χ4n) is 2.81. The SMILES string of the molecule is Cc1ccc(C(=O)NC2CC3CNC2C3)o1. The van der Waals surface area contributed by atoms with E-state index in [4.69, 9.17) is 4.42 Å². The Morgan fingerprint density at radius 3 is 2.94 bits per heavy atom. The monoisotopic (exact) mass is 220 g/mol. The average molecular weight is 220 g/mol. The molecular weight excluding hydrogens is 204 g/mol. The van der Waals surface area contributed by atoms with Gasteiger partial charge in [0.25, 0.3) is 5.91 Å². The van der Waals surface area contributed by atoms with Gasteiger partial charge in [0.15, 0.2) is 5.76 Å². The van der Waals surface area contributed by atoms with E-state index in [-0.39, 0.29) is 11.9 Å². The predicted octanol–water partition coefficient (Wildman–Crippen LogP) is 1.07. The lowest BCUT2D eigenvalue weighted by Crippen LogP contribution is -2.47. The normalized spacial score (nSPS) is 31.9. The molecule has 1 aliphatic heterocycles. The quantitative estimate of drug-likeness (QED) is 0.783. The summed E-state index contributed by atoms with van der Waals surface area (Å²) in [6.07, 6.45) is 2.30. The molecule has 2 heterocycles. The molecule has 0 spiro atoms. The molecule has 4 nitrogen and oxygen atoms in total. The first-order valence-electron chi connectivity index (χ1n) is 5.83. The molecule has 3 unspecified atom stereocenters. The van der Waals surface area contributed by atoms with E-state index >= 15 is 0 Å². The van der Waals surface area contributed by atoms with Crippen LogP contribution in [0, 0.1) is 12.8 Å². The molecule has 16 heavy (non-hydrogen) atoms. The summed E-state index contributed by atoms with van der Waals surface area (Å²) in [5.74, 6) is 1.84. The summed E-state index contributed by atoms with van der Waals surface area (Å²) in [5.41, 5.74) is 0.